The van der Waals surface area contributed by atoms with Gasteiger partial charge in [0, 0.05) is 37.7 Å². The molecule has 17 heavy (non-hydrogen) atoms. The molecule has 0 amide bonds. The van der Waals surface area contributed by atoms with Crippen molar-refractivity contribution in [1.29, 1.82) is 0 Å². The van der Waals surface area contributed by atoms with Gasteiger partial charge < -0.3 is 10.6 Å². The molecule has 2 rings (SSSR count). The zero-order chi connectivity index (χ0) is 12.3. The molecule has 0 saturated carbocycles. The van der Waals surface area contributed by atoms with Crippen LogP contribution >= 0.6 is 23.8 Å². The molecule has 0 bridgehead atoms. The Balaban J connectivity index is 1.91. The van der Waals surface area contributed by atoms with Gasteiger partial charge in [-0.2, -0.15) is 4.37 Å². The molecule has 1 aromatic heterocycles. The molecule has 7 heteroatoms. The molecule has 1 aromatic rings. The van der Waals surface area contributed by atoms with Crippen LogP contribution in [0.25, 0.3) is 0 Å². The Labute approximate surface area is 111 Å². The minimum atomic E-state index is 0.238. The van der Waals surface area contributed by atoms with E-state index in [1.807, 2.05) is 0 Å². The van der Waals surface area contributed by atoms with E-state index >= 15 is 0 Å². The van der Waals surface area contributed by atoms with Crippen molar-refractivity contribution in [2.75, 3.05) is 31.1 Å². The number of hydrogen-bond donors (Lipinski definition) is 1. The molecule has 1 unspecified atom stereocenters. The van der Waals surface area contributed by atoms with Crippen LogP contribution in [0.3, 0.4) is 0 Å². The number of nitrogens with two attached hydrogens (primary N) is 1. The normalized spacial score (nSPS) is 19.2. The third-order valence-corrected chi connectivity index (χ3v) is 4.09. The molecule has 1 saturated heterocycles. The van der Waals surface area contributed by atoms with Crippen molar-refractivity contribution >= 4 is 33.9 Å². The number of aromatic nitrogens is 2. The second-order valence-electron chi connectivity index (χ2n) is 4.07. The van der Waals surface area contributed by atoms with Crippen molar-refractivity contribution in [3.8, 4) is 0 Å². The summed E-state index contributed by atoms with van der Waals surface area (Å²) in [6.45, 7) is 6.02. The van der Waals surface area contributed by atoms with Crippen molar-refractivity contribution in [2.45, 2.75) is 19.4 Å². The summed E-state index contributed by atoms with van der Waals surface area (Å²) in [5.74, 6) is 0. The van der Waals surface area contributed by atoms with Gasteiger partial charge in [-0.25, -0.2) is 4.98 Å². The summed E-state index contributed by atoms with van der Waals surface area (Å²) in [5, 5.41) is 1.01. The maximum Gasteiger partial charge on any atom is 0.205 e. The van der Waals surface area contributed by atoms with Gasteiger partial charge in [0.2, 0.25) is 5.13 Å². The van der Waals surface area contributed by atoms with Crippen LogP contribution in [-0.2, 0) is 0 Å². The quantitative estimate of drug-likeness (QED) is 0.815. The van der Waals surface area contributed by atoms with Gasteiger partial charge in [-0.1, -0.05) is 19.1 Å². The lowest BCUT2D eigenvalue weighted by atomic mass is 10.1. The third-order valence-electron chi connectivity index (χ3n) is 3.09. The Morgan fingerprint density at radius 2 is 2.24 bits per heavy atom. The lowest BCUT2D eigenvalue weighted by Gasteiger charge is -2.38. The van der Waals surface area contributed by atoms with Gasteiger partial charge in [0.1, 0.15) is 6.33 Å². The second kappa shape index (κ2) is 5.70. The fourth-order valence-corrected chi connectivity index (χ4v) is 3.07. The third kappa shape index (κ3) is 2.91. The number of hydrogen-bond acceptors (Lipinski definition) is 6. The van der Waals surface area contributed by atoms with Crippen LogP contribution in [0.1, 0.15) is 13.3 Å². The fraction of sp³-hybridized carbons (Fsp3) is 0.700. The Morgan fingerprint density at radius 3 is 2.71 bits per heavy atom. The van der Waals surface area contributed by atoms with Crippen LogP contribution in [0.4, 0.5) is 5.13 Å². The van der Waals surface area contributed by atoms with E-state index in [1.54, 1.807) is 6.33 Å². The van der Waals surface area contributed by atoms with Crippen LogP contribution in [0, 0.1) is 0 Å². The van der Waals surface area contributed by atoms with E-state index in [4.69, 9.17) is 18.0 Å². The smallest absolute Gasteiger partial charge is 0.205 e. The van der Waals surface area contributed by atoms with E-state index < -0.39 is 0 Å². The van der Waals surface area contributed by atoms with Crippen LogP contribution in [0.5, 0.6) is 0 Å². The Bertz CT molecular complexity index is 359. The molecule has 0 radical (unpaired) electrons. The van der Waals surface area contributed by atoms with E-state index in [0.29, 0.717) is 4.99 Å². The summed E-state index contributed by atoms with van der Waals surface area (Å²) < 4.78 is 4.03. The standard InChI is InChI=1S/C10H17N5S2/c1-2-8(9(11)16)14-3-5-15(6-4-14)10-12-7-13-17-10/h7-8H,2-6H2,1H3,(H2,11,16). The highest BCUT2D eigenvalue weighted by atomic mass is 32.1. The van der Waals surface area contributed by atoms with Crippen LogP contribution < -0.4 is 10.6 Å². The molecular weight excluding hydrogens is 254 g/mol. The largest absolute Gasteiger partial charge is 0.392 e. The van der Waals surface area contributed by atoms with Crippen LogP contribution in [0.2, 0.25) is 0 Å². The Morgan fingerprint density at radius 1 is 1.53 bits per heavy atom. The lowest BCUT2D eigenvalue weighted by Crippen LogP contribution is -2.53. The summed E-state index contributed by atoms with van der Waals surface area (Å²) in [4.78, 5) is 9.46. The highest BCUT2D eigenvalue weighted by molar-refractivity contribution is 7.80. The first-order valence-electron chi connectivity index (χ1n) is 5.77. The molecule has 0 aromatic carbocycles. The first-order valence-corrected chi connectivity index (χ1v) is 6.95. The maximum absolute atomic E-state index is 5.76. The van der Waals surface area contributed by atoms with Crippen LogP contribution in [-0.4, -0.2) is 51.5 Å². The lowest BCUT2D eigenvalue weighted by molar-refractivity contribution is 0.224. The van der Waals surface area contributed by atoms with E-state index in [2.05, 4.69) is 26.1 Å². The molecule has 0 spiro atoms. The highest BCUT2D eigenvalue weighted by Crippen LogP contribution is 2.18. The number of rotatable bonds is 4. The van der Waals surface area contributed by atoms with Crippen molar-refractivity contribution < 1.29 is 0 Å². The summed E-state index contributed by atoms with van der Waals surface area (Å²) in [6.07, 6.45) is 2.59. The molecule has 5 nitrogen and oxygen atoms in total. The summed E-state index contributed by atoms with van der Waals surface area (Å²) in [5.41, 5.74) is 5.76. The van der Waals surface area contributed by atoms with Gasteiger partial charge in [0.25, 0.3) is 0 Å². The maximum atomic E-state index is 5.76. The summed E-state index contributed by atoms with van der Waals surface area (Å²) >= 11 is 6.56. The molecule has 1 atom stereocenters. The zero-order valence-corrected chi connectivity index (χ0v) is 11.5. The average Bonchev–Trinajstić information content (AvgIpc) is 2.84. The highest BCUT2D eigenvalue weighted by Gasteiger charge is 2.25. The number of piperazine rings is 1. The minimum Gasteiger partial charge on any atom is -0.392 e. The predicted octanol–water partition coefficient (Wildman–Crippen LogP) is 0.725. The topological polar surface area (TPSA) is 58.3 Å². The first-order chi connectivity index (χ1) is 8.22. The van der Waals surface area contributed by atoms with E-state index in [-0.39, 0.29) is 6.04 Å². The van der Waals surface area contributed by atoms with Crippen molar-refractivity contribution in [3.63, 3.8) is 0 Å². The fourth-order valence-electron chi connectivity index (χ4n) is 2.17. The van der Waals surface area contributed by atoms with Crippen molar-refractivity contribution in [3.05, 3.63) is 6.33 Å². The molecule has 1 aliphatic heterocycles. The molecule has 94 valence electrons. The number of thiocarbonyl (C=S) groups is 1. The molecule has 2 N–H and O–H groups in total. The van der Waals surface area contributed by atoms with E-state index in [0.717, 1.165) is 37.7 Å². The van der Waals surface area contributed by atoms with E-state index in [1.165, 1.54) is 11.5 Å². The molecule has 0 aliphatic carbocycles. The van der Waals surface area contributed by atoms with Crippen LogP contribution in [0.15, 0.2) is 6.33 Å². The zero-order valence-electron chi connectivity index (χ0n) is 9.87. The summed E-state index contributed by atoms with van der Waals surface area (Å²) in [7, 11) is 0. The Kier molecular flexibility index (Phi) is 4.25. The number of anilines is 1. The molecule has 1 aliphatic rings. The van der Waals surface area contributed by atoms with Crippen molar-refractivity contribution in [2.24, 2.45) is 5.73 Å². The van der Waals surface area contributed by atoms with Gasteiger partial charge in [0.15, 0.2) is 0 Å². The number of nitrogens with zero attached hydrogens (tertiary/aromatic N) is 4. The Hall–Kier alpha value is -0.790. The van der Waals surface area contributed by atoms with Crippen molar-refractivity contribution in [1.82, 2.24) is 14.3 Å². The summed E-state index contributed by atoms with van der Waals surface area (Å²) in [6, 6.07) is 0.238. The van der Waals surface area contributed by atoms with Gasteiger partial charge in [-0.3, -0.25) is 4.90 Å². The van der Waals surface area contributed by atoms with Gasteiger partial charge in [-0.05, 0) is 6.42 Å². The monoisotopic (exact) mass is 271 g/mol. The average molecular weight is 271 g/mol. The van der Waals surface area contributed by atoms with E-state index in [9.17, 15) is 0 Å². The molecule has 1 fully saturated rings. The molecular formula is C10H17N5S2. The first kappa shape index (κ1) is 12.7. The van der Waals surface area contributed by atoms with Gasteiger partial charge >= 0.3 is 0 Å². The predicted molar refractivity (Wildman–Crippen MR) is 74.6 cm³/mol. The SMILES string of the molecule is CCC(C(N)=S)N1CCN(c2ncns2)CC1. The minimum absolute atomic E-state index is 0.238. The second-order valence-corrected chi connectivity index (χ2v) is 5.30. The molecule has 2 heterocycles. The van der Waals surface area contributed by atoms with Gasteiger partial charge in [-0.15, -0.1) is 0 Å². The van der Waals surface area contributed by atoms with Gasteiger partial charge in [0.05, 0.1) is 11.0 Å².